The predicted octanol–water partition coefficient (Wildman–Crippen LogP) is 1.86. The van der Waals surface area contributed by atoms with Crippen molar-refractivity contribution in [2.45, 2.75) is 20.0 Å². The van der Waals surface area contributed by atoms with Crippen molar-refractivity contribution in [1.29, 1.82) is 0 Å². The zero-order chi connectivity index (χ0) is 19.5. The molecule has 4 rings (SSSR count). The molecule has 142 valence electrons. The first kappa shape index (κ1) is 17.6. The summed E-state index contributed by atoms with van der Waals surface area (Å²) in [4.78, 5) is 4.02. The summed E-state index contributed by atoms with van der Waals surface area (Å²) in [7, 11) is 0. The molecule has 0 aliphatic carbocycles. The topological polar surface area (TPSA) is 109 Å². The third-order valence-electron chi connectivity index (χ3n) is 3.84. The van der Waals surface area contributed by atoms with Gasteiger partial charge in [-0.2, -0.15) is 4.68 Å². The zero-order valence-corrected chi connectivity index (χ0v) is 14.5. The first-order valence-electron chi connectivity index (χ1n) is 8.10. The van der Waals surface area contributed by atoms with E-state index in [2.05, 4.69) is 35.8 Å². The molecular weight excluding hydrogens is 372 g/mol. The highest BCUT2D eigenvalue weighted by Gasteiger charge is 2.15. The SMILES string of the molecule is Cc1nnn(-c2ccc(C(F)F)cn2)c1COc1ccc(-n2ccnn2)nn1. The Labute approximate surface area is 156 Å². The molecule has 0 N–H and O–H groups in total. The van der Waals surface area contributed by atoms with Crippen LogP contribution in [0.4, 0.5) is 8.78 Å². The number of halogens is 2. The monoisotopic (exact) mass is 385 g/mol. The van der Waals surface area contributed by atoms with Gasteiger partial charge < -0.3 is 4.74 Å². The van der Waals surface area contributed by atoms with Crippen LogP contribution in [0.2, 0.25) is 0 Å². The number of aromatic nitrogens is 9. The summed E-state index contributed by atoms with van der Waals surface area (Å²) < 4.78 is 33.9. The molecule has 0 aliphatic rings. The van der Waals surface area contributed by atoms with Crippen LogP contribution in [0.3, 0.4) is 0 Å². The molecule has 0 radical (unpaired) electrons. The van der Waals surface area contributed by atoms with Gasteiger partial charge in [0.2, 0.25) is 5.88 Å². The van der Waals surface area contributed by atoms with E-state index in [0.717, 1.165) is 6.20 Å². The van der Waals surface area contributed by atoms with Crippen molar-refractivity contribution in [1.82, 2.24) is 45.2 Å². The van der Waals surface area contributed by atoms with Crippen LogP contribution in [-0.2, 0) is 6.61 Å². The van der Waals surface area contributed by atoms with Crippen molar-refractivity contribution >= 4 is 0 Å². The van der Waals surface area contributed by atoms with Gasteiger partial charge in [0.15, 0.2) is 11.6 Å². The van der Waals surface area contributed by atoms with Gasteiger partial charge in [-0.1, -0.05) is 10.4 Å². The van der Waals surface area contributed by atoms with Gasteiger partial charge in [-0.25, -0.2) is 18.4 Å². The molecular formula is C16H13F2N9O. The minimum Gasteiger partial charge on any atom is -0.470 e. The van der Waals surface area contributed by atoms with Crippen molar-refractivity contribution < 1.29 is 13.5 Å². The standard InChI is InChI=1S/C16H13F2N9O/c1-10-12(27(25-21-10)13-3-2-11(8-19-13)16(17)18)9-28-15-5-4-14(22-23-15)26-7-6-20-24-26/h2-8,16H,9H2,1H3. The van der Waals surface area contributed by atoms with E-state index in [-0.39, 0.29) is 18.1 Å². The van der Waals surface area contributed by atoms with Crippen molar-refractivity contribution in [3.8, 4) is 17.5 Å². The van der Waals surface area contributed by atoms with E-state index in [4.69, 9.17) is 4.74 Å². The van der Waals surface area contributed by atoms with Gasteiger partial charge in [0.25, 0.3) is 6.43 Å². The molecule has 4 aromatic rings. The molecule has 0 unspecified atom stereocenters. The molecule has 28 heavy (non-hydrogen) atoms. The normalized spacial score (nSPS) is 11.1. The Kier molecular flexibility index (Phi) is 4.66. The summed E-state index contributed by atoms with van der Waals surface area (Å²) >= 11 is 0. The maximum atomic E-state index is 12.7. The fourth-order valence-electron chi connectivity index (χ4n) is 2.36. The fourth-order valence-corrected chi connectivity index (χ4v) is 2.36. The van der Waals surface area contributed by atoms with Crippen LogP contribution >= 0.6 is 0 Å². The number of alkyl halides is 2. The van der Waals surface area contributed by atoms with Crippen LogP contribution < -0.4 is 4.74 Å². The van der Waals surface area contributed by atoms with Crippen molar-refractivity contribution in [3.63, 3.8) is 0 Å². The lowest BCUT2D eigenvalue weighted by atomic mass is 10.3. The quantitative estimate of drug-likeness (QED) is 0.495. The van der Waals surface area contributed by atoms with Crippen LogP contribution in [0.15, 0.2) is 42.9 Å². The molecule has 0 spiro atoms. The highest BCUT2D eigenvalue weighted by atomic mass is 19.3. The Bertz CT molecular complexity index is 1050. The summed E-state index contributed by atoms with van der Waals surface area (Å²) in [6.45, 7) is 1.85. The Balaban J connectivity index is 1.50. The number of rotatable bonds is 6. The Hall–Kier alpha value is -3.83. The summed E-state index contributed by atoms with van der Waals surface area (Å²) in [5.41, 5.74) is 1.06. The van der Waals surface area contributed by atoms with Crippen LogP contribution in [0.25, 0.3) is 11.6 Å². The number of ether oxygens (including phenoxy) is 1. The zero-order valence-electron chi connectivity index (χ0n) is 14.5. The van der Waals surface area contributed by atoms with E-state index in [1.54, 1.807) is 25.3 Å². The van der Waals surface area contributed by atoms with Crippen LogP contribution in [0.1, 0.15) is 23.4 Å². The second kappa shape index (κ2) is 7.42. The smallest absolute Gasteiger partial charge is 0.265 e. The van der Waals surface area contributed by atoms with Crippen molar-refractivity contribution in [2.75, 3.05) is 0 Å². The summed E-state index contributed by atoms with van der Waals surface area (Å²) in [6.07, 6.45) is 1.70. The molecule has 0 atom stereocenters. The molecule has 0 amide bonds. The van der Waals surface area contributed by atoms with E-state index >= 15 is 0 Å². The number of nitrogens with zero attached hydrogens (tertiary/aromatic N) is 9. The van der Waals surface area contributed by atoms with E-state index in [1.165, 1.54) is 27.7 Å². The van der Waals surface area contributed by atoms with Gasteiger partial charge in [0.05, 0.1) is 18.1 Å². The Morgan fingerprint density at radius 3 is 2.54 bits per heavy atom. The van der Waals surface area contributed by atoms with E-state index in [0.29, 0.717) is 23.0 Å². The molecule has 4 aromatic heterocycles. The van der Waals surface area contributed by atoms with Gasteiger partial charge in [0.1, 0.15) is 12.3 Å². The molecule has 4 heterocycles. The lowest BCUT2D eigenvalue weighted by Gasteiger charge is -2.08. The maximum Gasteiger partial charge on any atom is 0.265 e. The van der Waals surface area contributed by atoms with Crippen LogP contribution in [-0.4, -0.2) is 45.2 Å². The third-order valence-corrected chi connectivity index (χ3v) is 3.84. The molecule has 0 saturated carbocycles. The van der Waals surface area contributed by atoms with E-state index in [9.17, 15) is 8.78 Å². The van der Waals surface area contributed by atoms with E-state index in [1.807, 2.05) is 0 Å². The Morgan fingerprint density at radius 2 is 1.89 bits per heavy atom. The molecule has 0 bridgehead atoms. The second-order valence-electron chi connectivity index (χ2n) is 5.65. The van der Waals surface area contributed by atoms with Crippen LogP contribution in [0.5, 0.6) is 5.88 Å². The largest absolute Gasteiger partial charge is 0.470 e. The van der Waals surface area contributed by atoms with Gasteiger partial charge in [-0.15, -0.1) is 20.4 Å². The molecule has 0 aromatic carbocycles. The second-order valence-corrected chi connectivity index (χ2v) is 5.65. The first-order valence-corrected chi connectivity index (χ1v) is 8.10. The number of hydrogen-bond donors (Lipinski definition) is 0. The average Bonchev–Trinajstić information content (AvgIpc) is 3.37. The maximum absolute atomic E-state index is 12.7. The minimum absolute atomic E-state index is 0.0917. The number of hydrogen-bond acceptors (Lipinski definition) is 8. The molecule has 10 nitrogen and oxygen atoms in total. The summed E-state index contributed by atoms with van der Waals surface area (Å²) in [5.74, 6) is 1.14. The third kappa shape index (κ3) is 3.51. The van der Waals surface area contributed by atoms with Gasteiger partial charge >= 0.3 is 0 Å². The highest BCUT2D eigenvalue weighted by molar-refractivity contribution is 5.28. The molecule has 12 heteroatoms. The highest BCUT2D eigenvalue weighted by Crippen LogP contribution is 2.19. The lowest BCUT2D eigenvalue weighted by molar-refractivity contribution is 0.151. The molecule has 0 saturated heterocycles. The molecule has 0 fully saturated rings. The van der Waals surface area contributed by atoms with E-state index < -0.39 is 6.43 Å². The summed E-state index contributed by atoms with van der Waals surface area (Å²) in [5, 5.41) is 23.5. The van der Waals surface area contributed by atoms with Crippen molar-refractivity contribution in [2.24, 2.45) is 0 Å². The number of aryl methyl sites for hydroxylation is 1. The number of pyridine rings is 1. The minimum atomic E-state index is -2.58. The van der Waals surface area contributed by atoms with Gasteiger partial charge in [-0.05, 0) is 25.1 Å². The fraction of sp³-hybridized carbons (Fsp3) is 0.188. The van der Waals surface area contributed by atoms with Gasteiger partial charge in [0, 0.05) is 17.8 Å². The molecule has 0 aliphatic heterocycles. The first-order chi connectivity index (χ1) is 13.6. The van der Waals surface area contributed by atoms with Crippen molar-refractivity contribution in [3.05, 3.63) is 59.8 Å². The van der Waals surface area contributed by atoms with Gasteiger partial charge in [-0.3, -0.25) is 0 Å². The Morgan fingerprint density at radius 1 is 1.04 bits per heavy atom. The summed E-state index contributed by atoms with van der Waals surface area (Å²) in [6, 6.07) is 6.07. The van der Waals surface area contributed by atoms with Crippen LogP contribution in [0, 0.1) is 6.92 Å². The lowest BCUT2D eigenvalue weighted by Crippen LogP contribution is -2.09. The predicted molar refractivity (Wildman–Crippen MR) is 90.1 cm³/mol. The average molecular weight is 385 g/mol.